The molecule has 1 fully saturated rings. The number of rotatable bonds is 11. The number of aliphatic carboxylic acids is 1. The van der Waals surface area contributed by atoms with Gasteiger partial charge in [-0.2, -0.15) is 0 Å². The van der Waals surface area contributed by atoms with Gasteiger partial charge in [0.1, 0.15) is 17.7 Å². The highest BCUT2D eigenvalue weighted by molar-refractivity contribution is 5.83. The highest BCUT2D eigenvalue weighted by Gasteiger charge is 2.34. The second-order valence-corrected chi connectivity index (χ2v) is 9.24. The van der Waals surface area contributed by atoms with Crippen LogP contribution in [-0.4, -0.2) is 57.7 Å². The molecule has 1 N–H and O–H groups in total. The number of aryl methyl sites for hydroxylation is 1. The zero-order valence-electron chi connectivity index (χ0n) is 20.1. The number of aromatic nitrogens is 3. The maximum atomic E-state index is 15.4. The van der Waals surface area contributed by atoms with Gasteiger partial charge in [0.2, 0.25) is 0 Å². The van der Waals surface area contributed by atoms with E-state index in [2.05, 4.69) is 19.9 Å². The van der Waals surface area contributed by atoms with E-state index in [-0.39, 0.29) is 5.92 Å². The molecule has 8 heteroatoms. The van der Waals surface area contributed by atoms with Gasteiger partial charge in [-0.3, -0.25) is 9.78 Å². The summed E-state index contributed by atoms with van der Waals surface area (Å²) in [6.45, 7) is 2.23. The summed E-state index contributed by atoms with van der Waals surface area (Å²) >= 11 is 0. The smallest absolute Gasteiger partial charge is 0.308 e. The zero-order chi connectivity index (χ0) is 24.6. The van der Waals surface area contributed by atoms with Crippen LogP contribution in [-0.2, 0) is 11.2 Å². The minimum Gasteiger partial charge on any atom is -0.497 e. The molecule has 3 heterocycles. The van der Waals surface area contributed by atoms with Crippen LogP contribution in [0.25, 0.3) is 10.9 Å². The number of likely N-dealkylation sites (tertiary alicyclic amines) is 1. The number of nitrogens with zero attached hydrogens (tertiary/aromatic N) is 4. The lowest BCUT2D eigenvalue weighted by Crippen LogP contribution is -2.44. The Morgan fingerprint density at radius 1 is 1.20 bits per heavy atom. The monoisotopic (exact) mass is 480 g/mol. The molecule has 1 aromatic carbocycles. The standard InChI is InChI=1S/C27H33FN4O3/c1-35-20-7-9-25-22(17-20)21(10-14-29-25)24(28)8-6-19-11-16-32(18-23(19)27(33)34)15-3-2-5-26-30-12-4-13-31-26/h4,7,9-10,12-14,17,19,23-24H,2-3,5-6,8,11,15-16,18H2,1H3,(H,33,34)/t19-,23+,24-/m1/s1. The number of hydrogen-bond donors (Lipinski definition) is 1. The van der Waals surface area contributed by atoms with Gasteiger partial charge in [-0.1, -0.05) is 0 Å². The Bertz CT molecular complexity index is 1110. The summed E-state index contributed by atoms with van der Waals surface area (Å²) in [5.74, 6) is 0.223. The number of ether oxygens (including phenoxy) is 1. The quantitative estimate of drug-likeness (QED) is 0.392. The maximum absolute atomic E-state index is 15.4. The molecule has 1 aliphatic heterocycles. The Kier molecular flexibility index (Phi) is 8.58. The van der Waals surface area contributed by atoms with E-state index in [1.54, 1.807) is 37.8 Å². The first-order chi connectivity index (χ1) is 17.0. The first-order valence-electron chi connectivity index (χ1n) is 12.3. The topological polar surface area (TPSA) is 88.4 Å². The number of pyridine rings is 1. The van der Waals surface area contributed by atoms with Crippen molar-refractivity contribution in [2.75, 3.05) is 26.7 Å². The highest BCUT2D eigenvalue weighted by atomic mass is 19.1. The van der Waals surface area contributed by atoms with Crippen molar-refractivity contribution in [1.29, 1.82) is 0 Å². The molecule has 0 spiro atoms. The number of methoxy groups -OCH3 is 1. The van der Waals surface area contributed by atoms with Crippen LogP contribution in [0.15, 0.2) is 48.9 Å². The molecular weight excluding hydrogens is 447 g/mol. The number of alkyl halides is 1. The number of carbonyl (C=O) groups is 1. The molecule has 3 atom stereocenters. The molecule has 0 unspecified atom stereocenters. The van der Waals surface area contributed by atoms with Crippen molar-refractivity contribution in [3.8, 4) is 5.75 Å². The van der Waals surface area contributed by atoms with E-state index in [9.17, 15) is 9.90 Å². The Morgan fingerprint density at radius 2 is 2.03 bits per heavy atom. The first-order valence-corrected chi connectivity index (χ1v) is 12.3. The molecule has 1 aliphatic rings. The van der Waals surface area contributed by atoms with Crippen molar-refractivity contribution >= 4 is 16.9 Å². The average molecular weight is 481 g/mol. The van der Waals surface area contributed by atoms with Gasteiger partial charge < -0.3 is 14.7 Å². The number of benzene rings is 1. The average Bonchev–Trinajstić information content (AvgIpc) is 2.89. The fourth-order valence-electron chi connectivity index (χ4n) is 5.04. The van der Waals surface area contributed by atoms with Crippen LogP contribution >= 0.6 is 0 Å². The minimum absolute atomic E-state index is 0.0256. The van der Waals surface area contributed by atoms with Gasteiger partial charge in [-0.15, -0.1) is 0 Å². The van der Waals surface area contributed by atoms with Crippen LogP contribution in [0.4, 0.5) is 4.39 Å². The van der Waals surface area contributed by atoms with Gasteiger partial charge in [-0.05, 0) is 87.0 Å². The molecule has 35 heavy (non-hydrogen) atoms. The van der Waals surface area contributed by atoms with E-state index in [0.29, 0.717) is 30.7 Å². The van der Waals surface area contributed by atoms with E-state index in [0.717, 1.165) is 55.5 Å². The minimum atomic E-state index is -1.18. The second-order valence-electron chi connectivity index (χ2n) is 9.24. The third kappa shape index (κ3) is 6.51. The third-order valence-electron chi connectivity index (χ3n) is 7.01. The zero-order valence-corrected chi connectivity index (χ0v) is 20.1. The number of carboxylic acids is 1. The fourth-order valence-corrected chi connectivity index (χ4v) is 5.04. The normalized spacial score (nSPS) is 19.5. The third-order valence-corrected chi connectivity index (χ3v) is 7.01. The van der Waals surface area contributed by atoms with Crippen LogP contribution in [0, 0.1) is 11.8 Å². The van der Waals surface area contributed by atoms with Crippen molar-refractivity contribution < 1.29 is 19.0 Å². The Hall–Kier alpha value is -3.13. The molecule has 0 radical (unpaired) electrons. The molecule has 2 aromatic heterocycles. The predicted molar refractivity (Wildman–Crippen MR) is 132 cm³/mol. The van der Waals surface area contributed by atoms with Gasteiger partial charge in [0.05, 0.1) is 18.5 Å². The predicted octanol–water partition coefficient (Wildman–Crippen LogP) is 4.87. The van der Waals surface area contributed by atoms with Crippen molar-refractivity contribution in [3.63, 3.8) is 0 Å². The van der Waals surface area contributed by atoms with Crippen LogP contribution in [0.1, 0.15) is 49.7 Å². The number of hydrogen-bond acceptors (Lipinski definition) is 6. The summed E-state index contributed by atoms with van der Waals surface area (Å²) in [5.41, 5.74) is 1.31. The van der Waals surface area contributed by atoms with Gasteiger partial charge in [0.15, 0.2) is 0 Å². The Labute approximate surface area is 205 Å². The summed E-state index contributed by atoms with van der Waals surface area (Å²) < 4.78 is 20.7. The largest absolute Gasteiger partial charge is 0.497 e. The van der Waals surface area contributed by atoms with Crippen molar-refractivity contribution in [2.24, 2.45) is 11.8 Å². The molecule has 7 nitrogen and oxygen atoms in total. The summed E-state index contributed by atoms with van der Waals surface area (Å²) in [6.07, 6.45) is 8.33. The van der Waals surface area contributed by atoms with E-state index in [4.69, 9.17) is 4.74 Å². The fraction of sp³-hybridized carbons (Fsp3) is 0.481. The maximum Gasteiger partial charge on any atom is 0.308 e. The molecule has 0 aliphatic carbocycles. The van der Waals surface area contributed by atoms with Gasteiger partial charge in [0, 0.05) is 36.9 Å². The lowest BCUT2D eigenvalue weighted by Gasteiger charge is -2.36. The van der Waals surface area contributed by atoms with E-state index < -0.39 is 18.1 Å². The summed E-state index contributed by atoms with van der Waals surface area (Å²) in [7, 11) is 1.58. The molecule has 1 saturated heterocycles. The molecule has 3 aromatic rings. The van der Waals surface area contributed by atoms with Crippen molar-refractivity contribution in [1.82, 2.24) is 19.9 Å². The van der Waals surface area contributed by atoms with Gasteiger partial charge in [-0.25, -0.2) is 14.4 Å². The molecule has 0 saturated carbocycles. The number of piperidine rings is 1. The molecule has 0 amide bonds. The highest BCUT2D eigenvalue weighted by Crippen LogP contribution is 2.35. The lowest BCUT2D eigenvalue weighted by atomic mass is 9.81. The molecule has 0 bridgehead atoms. The number of carboxylic acid groups (broad SMARTS) is 1. The summed E-state index contributed by atoms with van der Waals surface area (Å²) in [6, 6.07) is 8.97. The van der Waals surface area contributed by atoms with Gasteiger partial charge in [0.25, 0.3) is 0 Å². The summed E-state index contributed by atoms with van der Waals surface area (Å²) in [4.78, 5) is 27.1. The molecular formula is C27H33FN4O3. The Morgan fingerprint density at radius 3 is 2.80 bits per heavy atom. The van der Waals surface area contributed by atoms with Crippen LogP contribution in [0.3, 0.4) is 0 Å². The van der Waals surface area contributed by atoms with E-state index in [1.807, 2.05) is 18.2 Å². The number of fused-ring (bicyclic) bond motifs is 1. The second kappa shape index (κ2) is 12.0. The van der Waals surface area contributed by atoms with Crippen LogP contribution in [0.5, 0.6) is 5.75 Å². The van der Waals surface area contributed by atoms with Crippen LogP contribution < -0.4 is 4.74 Å². The molecule has 186 valence electrons. The SMILES string of the molecule is COc1ccc2nccc([C@H](F)CC[C@@H]3CCN(CCCCc4ncccn4)C[C@@H]3C(=O)O)c2c1. The number of halogens is 1. The van der Waals surface area contributed by atoms with Crippen molar-refractivity contribution in [2.45, 2.75) is 44.7 Å². The Balaban J connectivity index is 1.30. The lowest BCUT2D eigenvalue weighted by molar-refractivity contribution is -0.146. The van der Waals surface area contributed by atoms with Crippen molar-refractivity contribution in [3.05, 3.63) is 60.3 Å². The van der Waals surface area contributed by atoms with Crippen LogP contribution in [0.2, 0.25) is 0 Å². The van der Waals surface area contributed by atoms with Gasteiger partial charge >= 0.3 is 5.97 Å². The first kappa shape index (κ1) is 25.0. The van der Waals surface area contributed by atoms with E-state index >= 15 is 4.39 Å². The molecule has 4 rings (SSSR count). The summed E-state index contributed by atoms with van der Waals surface area (Å²) in [5, 5.41) is 10.6. The number of unbranched alkanes of at least 4 members (excludes halogenated alkanes) is 1. The van der Waals surface area contributed by atoms with E-state index in [1.165, 1.54) is 0 Å².